The molecule has 2 N–H and O–H groups in total. The second-order valence-corrected chi connectivity index (χ2v) is 5.74. The number of ether oxygens (including phenoxy) is 1. The molecular formula is C17H22N2O2. The van der Waals surface area contributed by atoms with E-state index in [2.05, 4.69) is 17.2 Å². The van der Waals surface area contributed by atoms with E-state index in [4.69, 9.17) is 4.74 Å². The Morgan fingerprint density at radius 1 is 1.33 bits per heavy atom. The summed E-state index contributed by atoms with van der Waals surface area (Å²) in [5.41, 5.74) is 0.547. The molecule has 0 bridgehead atoms. The highest BCUT2D eigenvalue weighted by Gasteiger charge is 2.45. The molecule has 1 fully saturated rings. The molecule has 0 saturated heterocycles. The predicted octanol–water partition coefficient (Wildman–Crippen LogP) is 2.36. The first kappa shape index (κ1) is 14.3. The zero-order valence-electron chi connectivity index (χ0n) is 12.4. The van der Waals surface area contributed by atoms with Crippen molar-refractivity contribution >= 4 is 10.9 Å². The average Bonchev–Trinajstić information content (AvgIpc) is 3.37. The van der Waals surface area contributed by atoms with Gasteiger partial charge < -0.3 is 15.2 Å². The summed E-state index contributed by atoms with van der Waals surface area (Å²) in [7, 11) is 0. The first-order valence-electron chi connectivity index (χ1n) is 7.61. The smallest absolute Gasteiger partial charge is 0.145 e. The second-order valence-electron chi connectivity index (χ2n) is 5.74. The first-order chi connectivity index (χ1) is 10.3. The van der Waals surface area contributed by atoms with Gasteiger partial charge in [0.05, 0.1) is 12.1 Å². The van der Waals surface area contributed by atoms with Crippen LogP contribution in [0.25, 0.3) is 10.9 Å². The zero-order chi connectivity index (χ0) is 14.7. The lowest BCUT2D eigenvalue weighted by atomic mass is 9.95. The number of aliphatic hydroxyl groups excluding tert-OH is 1. The quantitative estimate of drug-likeness (QED) is 0.820. The van der Waals surface area contributed by atoms with E-state index in [0.717, 1.165) is 36.0 Å². The number of benzene rings is 1. The van der Waals surface area contributed by atoms with Gasteiger partial charge in [0.2, 0.25) is 0 Å². The molecule has 112 valence electrons. The molecule has 1 unspecified atom stereocenters. The standard InChI is InChI=1S/C17H22N2O2/c1-2-19-17(11-20,14-8-9-14)12-21-15-7-3-5-13-6-4-10-18-16(13)15/h3-7,10,14,19-20H,2,8-9,11-12H2,1H3. The van der Waals surface area contributed by atoms with E-state index in [-0.39, 0.29) is 12.1 Å². The third-order valence-corrected chi connectivity index (χ3v) is 4.25. The van der Waals surface area contributed by atoms with Gasteiger partial charge in [-0.05, 0) is 37.4 Å². The summed E-state index contributed by atoms with van der Waals surface area (Å²) in [4.78, 5) is 4.41. The first-order valence-corrected chi connectivity index (χ1v) is 7.61. The Morgan fingerprint density at radius 2 is 2.14 bits per heavy atom. The molecule has 1 atom stereocenters. The van der Waals surface area contributed by atoms with E-state index in [0.29, 0.717) is 12.5 Å². The molecule has 1 aliphatic carbocycles. The highest BCUT2D eigenvalue weighted by Crippen LogP contribution is 2.40. The van der Waals surface area contributed by atoms with Crippen molar-refractivity contribution in [3.63, 3.8) is 0 Å². The van der Waals surface area contributed by atoms with E-state index in [1.807, 2.05) is 30.3 Å². The summed E-state index contributed by atoms with van der Waals surface area (Å²) >= 11 is 0. The van der Waals surface area contributed by atoms with Crippen LogP contribution in [0.3, 0.4) is 0 Å². The van der Waals surface area contributed by atoms with E-state index < -0.39 is 0 Å². The molecule has 1 heterocycles. The Balaban J connectivity index is 1.81. The molecule has 0 amide bonds. The lowest BCUT2D eigenvalue weighted by molar-refractivity contribution is 0.0870. The molecule has 0 spiro atoms. The minimum Gasteiger partial charge on any atom is -0.489 e. The number of pyridine rings is 1. The lowest BCUT2D eigenvalue weighted by Gasteiger charge is -2.33. The molecule has 4 heteroatoms. The van der Waals surface area contributed by atoms with Gasteiger partial charge in [0.1, 0.15) is 17.9 Å². The van der Waals surface area contributed by atoms with Gasteiger partial charge in [-0.15, -0.1) is 0 Å². The van der Waals surface area contributed by atoms with Crippen molar-refractivity contribution in [2.75, 3.05) is 19.8 Å². The third kappa shape index (κ3) is 2.87. The van der Waals surface area contributed by atoms with Gasteiger partial charge in [0.25, 0.3) is 0 Å². The summed E-state index contributed by atoms with van der Waals surface area (Å²) in [5, 5.41) is 14.4. The normalized spacial score (nSPS) is 17.6. The van der Waals surface area contributed by atoms with E-state index in [1.165, 1.54) is 0 Å². The Kier molecular flexibility index (Phi) is 4.08. The number of nitrogens with one attached hydrogen (secondary N) is 1. The fourth-order valence-electron chi connectivity index (χ4n) is 2.93. The number of nitrogens with zero attached hydrogens (tertiary/aromatic N) is 1. The summed E-state index contributed by atoms with van der Waals surface area (Å²) in [6, 6.07) is 9.90. The maximum atomic E-state index is 9.85. The van der Waals surface area contributed by atoms with Crippen molar-refractivity contribution in [1.29, 1.82) is 0 Å². The monoisotopic (exact) mass is 286 g/mol. The molecule has 1 aromatic carbocycles. The number of aliphatic hydroxyl groups is 1. The lowest BCUT2D eigenvalue weighted by Crippen LogP contribution is -2.55. The van der Waals surface area contributed by atoms with Crippen LogP contribution in [0.15, 0.2) is 36.5 Å². The molecule has 3 rings (SSSR count). The van der Waals surface area contributed by atoms with Gasteiger partial charge in [-0.1, -0.05) is 25.1 Å². The Morgan fingerprint density at radius 3 is 2.86 bits per heavy atom. The Labute approximate surface area is 125 Å². The second kappa shape index (κ2) is 6.00. The summed E-state index contributed by atoms with van der Waals surface area (Å²) in [6.45, 7) is 3.46. The molecular weight excluding hydrogens is 264 g/mol. The van der Waals surface area contributed by atoms with E-state index in [1.54, 1.807) is 6.20 Å². The van der Waals surface area contributed by atoms with Crippen LogP contribution in [0.5, 0.6) is 5.75 Å². The number of rotatable bonds is 7. The number of likely N-dealkylation sites (N-methyl/N-ethyl adjacent to an activating group) is 1. The molecule has 4 nitrogen and oxygen atoms in total. The Bertz CT molecular complexity index is 607. The van der Waals surface area contributed by atoms with Crippen LogP contribution >= 0.6 is 0 Å². The maximum Gasteiger partial charge on any atom is 0.145 e. The van der Waals surface area contributed by atoms with Gasteiger partial charge in [-0.3, -0.25) is 4.98 Å². The SMILES string of the molecule is CCNC(CO)(COc1cccc2cccnc12)C1CC1. The number of fused-ring (bicyclic) bond motifs is 1. The molecule has 1 aliphatic rings. The van der Waals surface area contributed by atoms with Crippen molar-refractivity contribution in [3.8, 4) is 5.75 Å². The largest absolute Gasteiger partial charge is 0.489 e. The summed E-state index contributed by atoms with van der Waals surface area (Å²) in [6.07, 6.45) is 4.09. The van der Waals surface area contributed by atoms with Crippen LogP contribution in [0.2, 0.25) is 0 Å². The van der Waals surface area contributed by atoms with Gasteiger partial charge >= 0.3 is 0 Å². The minimum absolute atomic E-state index is 0.101. The predicted molar refractivity (Wildman–Crippen MR) is 83.5 cm³/mol. The van der Waals surface area contributed by atoms with Crippen molar-refractivity contribution in [3.05, 3.63) is 36.5 Å². The number of aromatic nitrogens is 1. The number of para-hydroxylation sites is 1. The van der Waals surface area contributed by atoms with Crippen LogP contribution in [0, 0.1) is 5.92 Å². The third-order valence-electron chi connectivity index (χ3n) is 4.25. The molecule has 0 radical (unpaired) electrons. The Hall–Kier alpha value is -1.65. The number of hydrogen-bond acceptors (Lipinski definition) is 4. The highest BCUT2D eigenvalue weighted by atomic mass is 16.5. The molecule has 1 aromatic heterocycles. The van der Waals surface area contributed by atoms with Gasteiger partial charge in [-0.25, -0.2) is 0 Å². The fraction of sp³-hybridized carbons (Fsp3) is 0.471. The van der Waals surface area contributed by atoms with Crippen molar-refractivity contribution in [2.45, 2.75) is 25.3 Å². The molecule has 21 heavy (non-hydrogen) atoms. The topological polar surface area (TPSA) is 54.4 Å². The van der Waals surface area contributed by atoms with Crippen molar-refractivity contribution < 1.29 is 9.84 Å². The summed E-state index contributed by atoms with van der Waals surface area (Å²) in [5.74, 6) is 1.29. The van der Waals surface area contributed by atoms with Crippen molar-refractivity contribution in [2.24, 2.45) is 5.92 Å². The molecule has 0 aliphatic heterocycles. The van der Waals surface area contributed by atoms with Gasteiger partial charge in [0, 0.05) is 11.6 Å². The van der Waals surface area contributed by atoms with Crippen LogP contribution in [0.1, 0.15) is 19.8 Å². The average molecular weight is 286 g/mol. The maximum absolute atomic E-state index is 9.85. The van der Waals surface area contributed by atoms with Crippen LogP contribution in [0.4, 0.5) is 0 Å². The molecule has 2 aromatic rings. The van der Waals surface area contributed by atoms with E-state index >= 15 is 0 Å². The fourth-order valence-corrected chi connectivity index (χ4v) is 2.93. The van der Waals surface area contributed by atoms with Crippen LogP contribution in [-0.4, -0.2) is 35.4 Å². The van der Waals surface area contributed by atoms with E-state index in [9.17, 15) is 5.11 Å². The zero-order valence-corrected chi connectivity index (χ0v) is 12.4. The van der Waals surface area contributed by atoms with Crippen LogP contribution in [-0.2, 0) is 0 Å². The number of hydrogen-bond donors (Lipinski definition) is 2. The highest BCUT2D eigenvalue weighted by molar-refractivity contribution is 5.84. The van der Waals surface area contributed by atoms with Gasteiger partial charge in [-0.2, -0.15) is 0 Å². The molecule has 1 saturated carbocycles. The summed E-state index contributed by atoms with van der Waals surface area (Å²) < 4.78 is 6.04. The minimum atomic E-state index is -0.328. The van der Waals surface area contributed by atoms with Crippen LogP contribution < -0.4 is 10.1 Å². The van der Waals surface area contributed by atoms with Crippen molar-refractivity contribution in [1.82, 2.24) is 10.3 Å². The van der Waals surface area contributed by atoms with Gasteiger partial charge in [0.15, 0.2) is 0 Å².